The van der Waals surface area contributed by atoms with Crippen LogP contribution in [-0.4, -0.2) is 4.57 Å². The first-order valence-corrected chi connectivity index (χ1v) is 4.82. The van der Waals surface area contributed by atoms with Crippen LogP contribution in [0.5, 0.6) is 0 Å². The average Bonchev–Trinajstić information content (AvgIpc) is 2.60. The maximum Gasteiger partial charge on any atom is 0.104 e. The van der Waals surface area contributed by atoms with E-state index in [0.717, 1.165) is 5.82 Å². The number of nitrogens with two attached hydrogens (primary N) is 1. The highest BCUT2D eigenvalue weighted by Crippen LogP contribution is 2.50. The molecule has 1 aromatic rings. The summed E-state index contributed by atoms with van der Waals surface area (Å²) in [6, 6.07) is 2.14. The quantitative estimate of drug-likeness (QED) is 0.622. The third-order valence-corrected chi connectivity index (χ3v) is 3.53. The van der Waals surface area contributed by atoms with Gasteiger partial charge in [0.2, 0.25) is 0 Å². The van der Waals surface area contributed by atoms with Gasteiger partial charge in [-0.1, -0.05) is 19.3 Å². The number of fused-ring (bicyclic) bond motifs is 1. The number of nitrogens with zero attached hydrogens (tertiary/aromatic N) is 1. The Balaban J connectivity index is 2.02. The Labute approximate surface area is 72.4 Å². The maximum absolute atomic E-state index is 5.86. The molecule has 0 saturated heterocycles. The average molecular weight is 162 g/mol. The third-order valence-electron chi connectivity index (χ3n) is 3.53. The second-order valence-corrected chi connectivity index (χ2v) is 4.12. The highest BCUT2D eigenvalue weighted by molar-refractivity contribution is 5.50. The van der Waals surface area contributed by atoms with Gasteiger partial charge in [-0.2, -0.15) is 0 Å². The van der Waals surface area contributed by atoms with E-state index in [2.05, 4.69) is 16.8 Å². The molecule has 1 spiro atoms. The number of aromatic nitrogens is 1. The lowest BCUT2D eigenvalue weighted by molar-refractivity contribution is 0.227. The maximum atomic E-state index is 5.86. The minimum Gasteiger partial charge on any atom is -0.385 e. The molecule has 64 valence electrons. The van der Waals surface area contributed by atoms with Gasteiger partial charge in [-0.15, -0.1) is 0 Å². The molecule has 0 unspecified atom stereocenters. The fourth-order valence-electron chi connectivity index (χ4n) is 2.84. The molecule has 3 aliphatic rings. The summed E-state index contributed by atoms with van der Waals surface area (Å²) in [5.74, 6) is 0.965. The summed E-state index contributed by atoms with van der Waals surface area (Å²) >= 11 is 0. The van der Waals surface area contributed by atoms with Crippen LogP contribution in [0.4, 0.5) is 5.82 Å². The van der Waals surface area contributed by atoms with Crippen molar-refractivity contribution in [1.29, 1.82) is 0 Å². The SMILES string of the molecule is Nc1cc2cn1C21CCCCC1. The minimum atomic E-state index is 0.377. The topological polar surface area (TPSA) is 30.9 Å². The number of rotatable bonds is 0. The molecule has 2 N–H and O–H groups in total. The van der Waals surface area contributed by atoms with E-state index in [0.29, 0.717) is 5.54 Å². The third kappa shape index (κ3) is 0.542. The molecule has 0 radical (unpaired) electrons. The van der Waals surface area contributed by atoms with Crippen molar-refractivity contribution in [3.63, 3.8) is 0 Å². The lowest BCUT2D eigenvalue weighted by atomic mass is 9.75. The fourth-order valence-corrected chi connectivity index (χ4v) is 2.84. The molecular formula is C10H14N2. The monoisotopic (exact) mass is 162 g/mol. The number of hydrogen-bond donors (Lipinski definition) is 1. The van der Waals surface area contributed by atoms with E-state index < -0.39 is 0 Å². The Morgan fingerprint density at radius 1 is 1.25 bits per heavy atom. The molecule has 1 saturated carbocycles. The van der Waals surface area contributed by atoms with E-state index in [4.69, 9.17) is 5.73 Å². The van der Waals surface area contributed by atoms with Crippen LogP contribution in [0, 0.1) is 0 Å². The lowest BCUT2D eigenvalue weighted by Gasteiger charge is -2.42. The van der Waals surface area contributed by atoms with Crippen LogP contribution in [0.1, 0.15) is 37.7 Å². The summed E-state index contributed by atoms with van der Waals surface area (Å²) in [5, 5.41) is 0. The largest absolute Gasteiger partial charge is 0.385 e. The molecular weight excluding hydrogens is 148 g/mol. The van der Waals surface area contributed by atoms with Crippen molar-refractivity contribution in [2.75, 3.05) is 5.73 Å². The van der Waals surface area contributed by atoms with E-state index in [1.54, 1.807) is 0 Å². The molecule has 0 amide bonds. The van der Waals surface area contributed by atoms with E-state index in [9.17, 15) is 0 Å². The van der Waals surface area contributed by atoms with Gasteiger partial charge < -0.3 is 10.3 Å². The molecule has 1 aliphatic carbocycles. The number of anilines is 1. The Hall–Kier alpha value is -0.920. The molecule has 1 aromatic heterocycles. The molecule has 2 nitrogen and oxygen atoms in total. The van der Waals surface area contributed by atoms with Crippen molar-refractivity contribution in [3.05, 3.63) is 17.8 Å². The zero-order valence-electron chi connectivity index (χ0n) is 7.21. The van der Waals surface area contributed by atoms with Crippen molar-refractivity contribution in [3.8, 4) is 0 Å². The van der Waals surface area contributed by atoms with Gasteiger partial charge in [-0.3, -0.25) is 0 Å². The van der Waals surface area contributed by atoms with E-state index in [-0.39, 0.29) is 0 Å². The van der Waals surface area contributed by atoms with Gasteiger partial charge in [-0.05, 0) is 24.5 Å². The smallest absolute Gasteiger partial charge is 0.104 e. The van der Waals surface area contributed by atoms with Gasteiger partial charge >= 0.3 is 0 Å². The molecule has 3 heterocycles. The van der Waals surface area contributed by atoms with Gasteiger partial charge in [-0.25, -0.2) is 0 Å². The second-order valence-electron chi connectivity index (χ2n) is 4.12. The summed E-state index contributed by atoms with van der Waals surface area (Å²) in [7, 11) is 0. The van der Waals surface area contributed by atoms with Gasteiger partial charge in [0.25, 0.3) is 0 Å². The lowest BCUT2D eigenvalue weighted by Crippen LogP contribution is -2.40. The van der Waals surface area contributed by atoms with E-state index in [1.807, 2.05) is 0 Å². The molecule has 1 fully saturated rings. The number of nitrogen functional groups attached to an aromatic ring is 1. The fraction of sp³-hybridized carbons (Fsp3) is 0.600. The molecule has 2 heteroatoms. The van der Waals surface area contributed by atoms with Crippen LogP contribution in [0.25, 0.3) is 0 Å². The Morgan fingerprint density at radius 2 is 2.00 bits per heavy atom. The van der Waals surface area contributed by atoms with Crippen LogP contribution >= 0.6 is 0 Å². The normalized spacial score (nSPS) is 24.0. The molecule has 12 heavy (non-hydrogen) atoms. The summed E-state index contributed by atoms with van der Waals surface area (Å²) < 4.78 is 2.28. The van der Waals surface area contributed by atoms with Crippen molar-refractivity contribution in [2.24, 2.45) is 0 Å². The van der Waals surface area contributed by atoms with Gasteiger partial charge in [0.1, 0.15) is 5.82 Å². The van der Waals surface area contributed by atoms with Crippen LogP contribution in [0.2, 0.25) is 0 Å². The van der Waals surface area contributed by atoms with E-state index in [1.165, 1.54) is 37.7 Å². The van der Waals surface area contributed by atoms with Crippen molar-refractivity contribution >= 4 is 5.82 Å². The first-order chi connectivity index (χ1) is 5.83. The van der Waals surface area contributed by atoms with Gasteiger partial charge in [0.05, 0.1) is 5.54 Å². The summed E-state index contributed by atoms with van der Waals surface area (Å²) in [5.41, 5.74) is 7.72. The predicted molar refractivity (Wildman–Crippen MR) is 49.0 cm³/mol. The summed E-state index contributed by atoms with van der Waals surface area (Å²) in [4.78, 5) is 0. The highest BCUT2D eigenvalue weighted by Gasteiger charge is 2.44. The number of hydrogen-bond acceptors (Lipinski definition) is 1. The van der Waals surface area contributed by atoms with Gasteiger partial charge in [0, 0.05) is 6.20 Å². The summed E-state index contributed by atoms with van der Waals surface area (Å²) in [6.07, 6.45) is 8.97. The Morgan fingerprint density at radius 3 is 2.50 bits per heavy atom. The zero-order chi connectivity index (χ0) is 8.18. The standard InChI is InChI=1S/C10H14N2/c11-9-6-8-7-12(9)10(8)4-2-1-3-5-10/h6-7H,1-5,11H2. The van der Waals surface area contributed by atoms with Crippen LogP contribution in [0.3, 0.4) is 0 Å². The predicted octanol–water partition coefficient (Wildman–Crippen LogP) is 2.09. The van der Waals surface area contributed by atoms with Crippen LogP contribution in [-0.2, 0) is 5.54 Å². The molecule has 4 rings (SSSR count). The van der Waals surface area contributed by atoms with Gasteiger partial charge in [0.15, 0.2) is 0 Å². The molecule has 2 aliphatic heterocycles. The Kier molecular flexibility index (Phi) is 1.03. The van der Waals surface area contributed by atoms with Crippen LogP contribution < -0.4 is 5.73 Å². The first-order valence-electron chi connectivity index (χ1n) is 4.82. The van der Waals surface area contributed by atoms with Crippen molar-refractivity contribution in [2.45, 2.75) is 37.6 Å². The zero-order valence-corrected chi connectivity index (χ0v) is 7.21. The second kappa shape index (κ2) is 1.87. The highest BCUT2D eigenvalue weighted by atomic mass is 15.2. The van der Waals surface area contributed by atoms with Crippen LogP contribution in [0.15, 0.2) is 12.3 Å². The first kappa shape index (κ1) is 6.58. The molecule has 2 bridgehead atoms. The van der Waals surface area contributed by atoms with Crippen molar-refractivity contribution in [1.82, 2.24) is 4.57 Å². The summed E-state index contributed by atoms with van der Waals surface area (Å²) in [6.45, 7) is 0. The van der Waals surface area contributed by atoms with Crippen molar-refractivity contribution < 1.29 is 0 Å². The van der Waals surface area contributed by atoms with E-state index >= 15 is 0 Å². The Bertz CT molecular complexity index is 319. The molecule has 0 aromatic carbocycles. The molecule has 0 atom stereocenters. The minimum absolute atomic E-state index is 0.377.